The molecule has 3 nitrogen and oxygen atoms in total. The number of anilines is 2. The van der Waals surface area contributed by atoms with Crippen LogP contribution in [0.3, 0.4) is 0 Å². The largest absolute Gasteiger partial charge is 0.396 e. The number of nitrogen functional groups attached to an aromatic ring is 2. The van der Waals surface area contributed by atoms with Gasteiger partial charge < -0.3 is 11.5 Å². The van der Waals surface area contributed by atoms with E-state index in [1.807, 2.05) is 0 Å². The lowest BCUT2D eigenvalue weighted by Gasteiger charge is -1.95. The number of nitrogens with two attached hydrogens (primary N) is 2. The van der Waals surface area contributed by atoms with Crippen molar-refractivity contribution < 1.29 is 0 Å². The maximum Gasteiger partial charge on any atom is 0.148 e. The molecule has 10 heavy (non-hydrogen) atoms. The number of pyridine rings is 1. The first-order chi connectivity index (χ1) is 4.20. The van der Waals surface area contributed by atoms with Crippen molar-refractivity contribution in [3.63, 3.8) is 0 Å². The highest BCUT2D eigenvalue weighted by Gasteiger charge is 1.93. The van der Waals surface area contributed by atoms with Crippen molar-refractivity contribution in [2.45, 2.75) is 0 Å². The van der Waals surface area contributed by atoms with Crippen molar-refractivity contribution >= 4 is 35.5 Å². The molecule has 0 aromatic carbocycles. The van der Waals surface area contributed by atoms with Crippen molar-refractivity contribution in [1.82, 2.24) is 4.98 Å². The topological polar surface area (TPSA) is 64.9 Å². The third-order valence-electron chi connectivity index (χ3n) is 0.923. The van der Waals surface area contributed by atoms with Crippen LogP contribution in [0.1, 0.15) is 0 Å². The van der Waals surface area contributed by atoms with E-state index in [0.29, 0.717) is 10.8 Å². The molecular formula is C5H7Cl2N3. The summed E-state index contributed by atoms with van der Waals surface area (Å²) in [6.45, 7) is 0. The summed E-state index contributed by atoms with van der Waals surface area (Å²) in [6, 6.07) is 3.21. The molecule has 0 amide bonds. The van der Waals surface area contributed by atoms with Gasteiger partial charge in [0.05, 0.1) is 5.69 Å². The molecule has 0 aliphatic rings. The van der Waals surface area contributed by atoms with E-state index in [2.05, 4.69) is 4.98 Å². The molecule has 1 aromatic heterocycles. The summed E-state index contributed by atoms with van der Waals surface area (Å²) in [5.41, 5.74) is 11.1. The second-order valence-electron chi connectivity index (χ2n) is 1.61. The van der Waals surface area contributed by atoms with Crippen LogP contribution < -0.4 is 11.5 Å². The Morgan fingerprint density at radius 2 is 1.90 bits per heavy atom. The van der Waals surface area contributed by atoms with E-state index in [4.69, 9.17) is 23.1 Å². The van der Waals surface area contributed by atoms with E-state index in [1.54, 1.807) is 12.1 Å². The Hall–Kier alpha value is -0.670. The van der Waals surface area contributed by atoms with E-state index in [0.717, 1.165) is 0 Å². The Morgan fingerprint density at radius 1 is 1.30 bits per heavy atom. The van der Waals surface area contributed by atoms with Crippen LogP contribution in [0, 0.1) is 0 Å². The average molecular weight is 180 g/mol. The predicted octanol–water partition coefficient (Wildman–Crippen LogP) is 1.32. The molecule has 1 heterocycles. The molecule has 0 saturated heterocycles. The fourth-order valence-electron chi connectivity index (χ4n) is 0.461. The highest BCUT2D eigenvalue weighted by atomic mass is 35.5. The van der Waals surface area contributed by atoms with Gasteiger partial charge in [0.2, 0.25) is 0 Å². The molecule has 56 valence electrons. The molecule has 0 atom stereocenters. The molecule has 1 aromatic rings. The molecule has 0 spiro atoms. The molecular weight excluding hydrogens is 173 g/mol. The van der Waals surface area contributed by atoms with Crippen LogP contribution in [0.25, 0.3) is 0 Å². The summed E-state index contributed by atoms with van der Waals surface area (Å²) in [6.07, 6.45) is 0. The second-order valence-corrected chi connectivity index (χ2v) is 2.00. The highest BCUT2D eigenvalue weighted by molar-refractivity contribution is 6.29. The van der Waals surface area contributed by atoms with Crippen LogP contribution in [-0.2, 0) is 0 Å². The zero-order valence-electron chi connectivity index (χ0n) is 5.04. The maximum absolute atomic E-state index is 5.47. The Bertz CT molecular complexity index is 226. The minimum Gasteiger partial charge on any atom is -0.396 e. The molecule has 0 bridgehead atoms. The molecule has 0 saturated carbocycles. The van der Waals surface area contributed by atoms with Crippen LogP contribution in [0.4, 0.5) is 11.5 Å². The maximum atomic E-state index is 5.47. The molecule has 4 N–H and O–H groups in total. The number of nitrogens with zero attached hydrogens (tertiary/aromatic N) is 1. The summed E-state index contributed by atoms with van der Waals surface area (Å²) < 4.78 is 0. The lowest BCUT2D eigenvalue weighted by Crippen LogP contribution is -1.96. The van der Waals surface area contributed by atoms with E-state index in [9.17, 15) is 0 Å². The Labute approximate surface area is 69.8 Å². The first-order valence-electron chi connectivity index (χ1n) is 2.37. The van der Waals surface area contributed by atoms with Crippen LogP contribution in [0.2, 0.25) is 5.15 Å². The molecule has 0 radical (unpaired) electrons. The summed E-state index contributed by atoms with van der Waals surface area (Å²) in [5, 5.41) is 0.363. The third-order valence-corrected chi connectivity index (χ3v) is 1.13. The van der Waals surface area contributed by atoms with E-state index >= 15 is 0 Å². The van der Waals surface area contributed by atoms with Gasteiger partial charge in [-0.25, -0.2) is 4.98 Å². The van der Waals surface area contributed by atoms with Gasteiger partial charge in [0.25, 0.3) is 0 Å². The lowest BCUT2D eigenvalue weighted by atomic mass is 10.4. The smallest absolute Gasteiger partial charge is 0.148 e. The third kappa shape index (κ3) is 1.93. The minimum atomic E-state index is 0. The molecule has 0 aliphatic carbocycles. The summed E-state index contributed by atoms with van der Waals surface area (Å²) >= 11 is 5.47. The van der Waals surface area contributed by atoms with Crippen LogP contribution in [0.5, 0.6) is 0 Å². The van der Waals surface area contributed by atoms with Crippen molar-refractivity contribution in [3.05, 3.63) is 17.3 Å². The SMILES string of the molecule is Cl.Nc1ccc(Cl)nc1N. The number of aromatic nitrogens is 1. The van der Waals surface area contributed by atoms with E-state index < -0.39 is 0 Å². The van der Waals surface area contributed by atoms with Crippen molar-refractivity contribution in [2.75, 3.05) is 11.5 Å². The van der Waals surface area contributed by atoms with Crippen molar-refractivity contribution in [1.29, 1.82) is 0 Å². The first-order valence-corrected chi connectivity index (χ1v) is 2.75. The fraction of sp³-hybridized carbons (Fsp3) is 0. The van der Waals surface area contributed by atoms with Crippen LogP contribution in [0.15, 0.2) is 12.1 Å². The molecule has 1 rings (SSSR count). The predicted molar refractivity (Wildman–Crippen MR) is 45.3 cm³/mol. The van der Waals surface area contributed by atoms with Crippen molar-refractivity contribution in [3.8, 4) is 0 Å². The fourth-order valence-corrected chi connectivity index (χ4v) is 0.615. The highest BCUT2D eigenvalue weighted by Crippen LogP contribution is 2.13. The average Bonchev–Trinajstić information content (AvgIpc) is 1.80. The molecule has 0 fully saturated rings. The molecule has 0 unspecified atom stereocenters. The Balaban J connectivity index is 0.000000810. The standard InChI is InChI=1S/C5H6ClN3.ClH/c6-4-2-1-3(7)5(8)9-4;/h1-2H,7H2,(H2,8,9);1H. The van der Waals surface area contributed by atoms with Gasteiger partial charge in [-0.3, -0.25) is 0 Å². The Morgan fingerprint density at radius 3 is 2.30 bits per heavy atom. The summed E-state index contributed by atoms with van der Waals surface area (Å²) in [5.74, 6) is 0.280. The van der Waals surface area contributed by atoms with Crippen molar-refractivity contribution in [2.24, 2.45) is 0 Å². The van der Waals surface area contributed by atoms with Gasteiger partial charge >= 0.3 is 0 Å². The summed E-state index contributed by atoms with van der Waals surface area (Å²) in [7, 11) is 0. The minimum absolute atomic E-state index is 0. The first kappa shape index (κ1) is 9.33. The quantitative estimate of drug-likeness (QED) is 0.591. The normalized spacial score (nSPS) is 8.50. The van der Waals surface area contributed by atoms with Gasteiger partial charge in [-0.15, -0.1) is 12.4 Å². The zero-order valence-corrected chi connectivity index (χ0v) is 6.62. The number of hydrogen-bond donors (Lipinski definition) is 2. The Kier molecular flexibility index (Phi) is 3.25. The van der Waals surface area contributed by atoms with Gasteiger partial charge in [-0.2, -0.15) is 0 Å². The van der Waals surface area contributed by atoms with Gasteiger partial charge in [0, 0.05) is 0 Å². The van der Waals surface area contributed by atoms with Gasteiger partial charge in [-0.1, -0.05) is 11.6 Å². The van der Waals surface area contributed by atoms with Crippen LogP contribution >= 0.6 is 24.0 Å². The van der Waals surface area contributed by atoms with Gasteiger partial charge in [0.15, 0.2) is 0 Å². The van der Waals surface area contributed by atoms with Crippen LogP contribution in [-0.4, -0.2) is 4.98 Å². The second kappa shape index (κ2) is 3.49. The number of hydrogen-bond acceptors (Lipinski definition) is 3. The van der Waals surface area contributed by atoms with E-state index in [1.165, 1.54) is 0 Å². The number of rotatable bonds is 0. The van der Waals surface area contributed by atoms with Gasteiger partial charge in [-0.05, 0) is 12.1 Å². The monoisotopic (exact) mass is 179 g/mol. The van der Waals surface area contributed by atoms with E-state index in [-0.39, 0.29) is 18.2 Å². The molecule has 5 heteroatoms. The number of halogens is 2. The lowest BCUT2D eigenvalue weighted by molar-refractivity contribution is 1.34. The molecule has 0 aliphatic heterocycles. The van der Waals surface area contributed by atoms with Gasteiger partial charge in [0.1, 0.15) is 11.0 Å². The zero-order chi connectivity index (χ0) is 6.85. The summed E-state index contributed by atoms with van der Waals surface area (Å²) in [4.78, 5) is 3.69.